The Morgan fingerprint density at radius 3 is 2.84 bits per heavy atom. The standard InChI is InChI=1S/C12H13ClFN3O2/c1-19-5-4-17-11(7-18)15-16-12(17)9-3-2-8(13)6-10(9)14/h2-3,6,18H,4-5,7H2,1H3. The maximum atomic E-state index is 13.9. The number of aliphatic hydroxyl groups excluding tert-OH is 1. The van der Waals surface area contributed by atoms with E-state index in [1.165, 1.54) is 12.1 Å². The van der Waals surface area contributed by atoms with Crippen LogP contribution in [0.2, 0.25) is 5.02 Å². The molecule has 0 saturated heterocycles. The molecule has 1 aromatic heterocycles. The van der Waals surface area contributed by atoms with Gasteiger partial charge in [-0.15, -0.1) is 10.2 Å². The van der Waals surface area contributed by atoms with Crippen molar-refractivity contribution in [2.75, 3.05) is 13.7 Å². The van der Waals surface area contributed by atoms with Crippen molar-refractivity contribution >= 4 is 11.6 Å². The SMILES string of the molecule is COCCn1c(CO)nnc1-c1ccc(Cl)cc1F. The third kappa shape index (κ3) is 2.91. The Bertz CT molecular complexity index is 574. The second kappa shape index (κ2) is 6.10. The van der Waals surface area contributed by atoms with Gasteiger partial charge in [-0.25, -0.2) is 4.39 Å². The van der Waals surface area contributed by atoms with Gasteiger partial charge in [0.15, 0.2) is 11.6 Å². The first-order valence-corrected chi connectivity index (χ1v) is 6.02. The van der Waals surface area contributed by atoms with E-state index in [9.17, 15) is 9.50 Å². The number of nitrogens with zero attached hydrogens (tertiary/aromatic N) is 3. The Kier molecular flexibility index (Phi) is 4.47. The van der Waals surface area contributed by atoms with Crippen molar-refractivity contribution in [1.82, 2.24) is 14.8 Å². The molecule has 19 heavy (non-hydrogen) atoms. The average Bonchev–Trinajstić information content (AvgIpc) is 2.79. The molecule has 1 aromatic carbocycles. The number of methoxy groups -OCH3 is 1. The van der Waals surface area contributed by atoms with Crippen LogP contribution in [0.1, 0.15) is 5.82 Å². The van der Waals surface area contributed by atoms with Crippen molar-refractivity contribution in [2.45, 2.75) is 13.2 Å². The zero-order valence-corrected chi connectivity index (χ0v) is 11.1. The van der Waals surface area contributed by atoms with Crippen molar-refractivity contribution in [2.24, 2.45) is 0 Å². The molecule has 0 saturated carbocycles. The quantitative estimate of drug-likeness (QED) is 0.911. The summed E-state index contributed by atoms with van der Waals surface area (Å²) >= 11 is 5.72. The fraction of sp³-hybridized carbons (Fsp3) is 0.333. The Morgan fingerprint density at radius 2 is 2.21 bits per heavy atom. The van der Waals surface area contributed by atoms with Gasteiger partial charge in [0, 0.05) is 18.7 Å². The van der Waals surface area contributed by atoms with Crippen LogP contribution in [0.3, 0.4) is 0 Å². The van der Waals surface area contributed by atoms with E-state index in [-0.39, 0.29) is 12.2 Å². The first kappa shape index (κ1) is 13.9. The van der Waals surface area contributed by atoms with Crippen LogP contribution in [-0.2, 0) is 17.9 Å². The minimum absolute atomic E-state index is 0.272. The third-order valence-corrected chi connectivity index (χ3v) is 2.89. The van der Waals surface area contributed by atoms with Crippen molar-refractivity contribution in [3.8, 4) is 11.4 Å². The number of ether oxygens (including phenoxy) is 1. The fourth-order valence-electron chi connectivity index (χ4n) is 1.74. The Morgan fingerprint density at radius 1 is 1.42 bits per heavy atom. The molecular formula is C12H13ClFN3O2. The molecule has 0 aliphatic heterocycles. The molecule has 0 radical (unpaired) electrons. The largest absolute Gasteiger partial charge is 0.388 e. The molecule has 0 spiro atoms. The first-order chi connectivity index (χ1) is 9.17. The summed E-state index contributed by atoms with van der Waals surface area (Å²) < 4.78 is 20.5. The molecule has 102 valence electrons. The molecular weight excluding hydrogens is 273 g/mol. The minimum atomic E-state index is -0.483. The van der Waals surface area contributed by atoms with E-state index in [1.807, 2.05) is 0 Å². The van der Waals surface area contributed by atoms with Crippen molar-refractivity contribution in [3.63, 3.8) is 0 Å². The van der Waals surface area contributed by atoms with E-state index in [0.29, 0.717) is 29.8 Å². The van der Waals surface area contributed by atoms with Gasteiger partial charge in [-0.2, -0.15) is 0 Å². The number of benzene rings is 1. The van der Waals surface area contributed by atoms with E-state index >= 15 is 0 Å². The normalized spacial score (nSPS) is 10.9. The zero-order valence-electron chi connectivity index (χ0n) is 10.3. The van der Waals surface area contributed by atoms with Crippen LogP contribution in [0.25, 0.3) is 11.4 Å². The van der Waals surface area contributed by atoms with E-state index in [1.54, 1.807) is 17.7 Å². The predicted octanol–water partition coefficient (Wildman–Crippen LogP) is 1.88. The van der Waals surface area contributed by atoms with Gasteiger partial charge in [0.1, 0.15) is 12.4 Å². The summed E-state index contributed by atoms with van der Waals surface area (Å²) in [7, 11) is 1.56. The Balaban J connectivity index is 2.46. The highest BCUT2D eigenvalue weighted by atomic mass is 35.5. The number of halogens is 2. The monoisotopic (exact) mass is 285 g/mol. The molecule has 0 fully saturated rings. The van der Waals surface area contributed by atoms with Gasteiger partial charge in [-0.05, 0) is 18.2 Å². The lowest BCUT2D eigenvalue weighted by Crippen LogP contribution is -2.10. The summed E-state index contributed by atoms with van der Waals surface area (Å²) in [5.41, 5.74) is 0.285. The van der Waals surface area contributed by atoms with Crippen LogP contribution in [0.4, 0.5) is 4.39 Å². The van der Waals surface area contributed by atoms with E-state index in [0.717, 1.165) is 0 Å². The number of hydrogen-bond acceptors (Lipinski definition) is 4. The molecule has 0 amide bonds. The summed E-state index contributed by atoms with van der Waals surface area (Å²) in [5.74, 6) is 0.222. The fourth-order valence-corrected chi connectivity index (χ4v) is 1.90. The molecule has 0 atom stereocenters. The summed E-state index contributed by atoms with van der Waals surface area (Å²) in [6.07, 6.45) is 0. The summed E-state index contributed by atoms with van der Waals surface area (Å²) in [4.78, 5) is 0. The predicted molar refractivity (Wildman–Crippen MR) is 68.2 cm³/mol. The summed E-state index contributed by atoms with van der Waals surface area (Å²) in [6, 6.07) is 4.32. The van der Waals surface area contributed by atoms with Gasteiger partial charge in [0.25, 0.3) is 0 Å². The molecule has 0 bridgehead atoms. The number of rotatable bonds is 5. The maximum absolute atomic E-state index is 13.9. The van der Waals surface area contributed by atoms with Crippen molar-refractivity contribution in [1.29, 1.82) is 0 Å². The molecule has 5 nitrogen and oxygen atoms in total. The van der Waals surface area contributed by atoms with Crippen LogP contribution in [-0.4, -0.2) is 33.6 Å². The van der Waals surface area contributed by atoms with E-state index in [2.05, 4.69) is 10.2 Å². The highest BCUT2D eigenvalue weighted by Gasteiger charge is 2.16. The molecule has 0 unspecified atom stereocenters. The van der Waals surface area contributed by atoms with Crippen molar-refractivity contribution in [3.05, 3.63) is 34.9 Å². The number of aromatic nitrogens is 3. The highest BCUT2D eigenvalue weighted by Crippen LogP contribution is 2.24. The van der Waals surface area contributed by atoms with Crippen LogP contribution in [0.5, 0.6) is 0 Å². The van der Waals surface area contributed by atoms with E-state index < -0.39 is 5.82 Å². The molecule has 0 aliphatic carbocycles. The first-order valence-electron chi connectivity index (χ1n) is 5.64. The lowest BCUT2D eigenvalue weighted by atomic mass is 10.2. The third-order valence-electron chi connectivity index (χ3n) is 2.66. The number of aliphatic hydroxyl groups is 1. The summed E-state index contributed by atoms with van der Waals surface area (Å²) in [5, 5.41) is 17.3. The van der Waals surface area contributed by atoms with Crippen LogP contribution < -0.4 is 0 Å². The van der Waals surface area contributed by atoms with E-state index in [4.69, 9.17) is 16.3 Å². The summed E-state index contributed by atoms with van der Waals surface area (Å²) in [6.45, 7) is 0.565. The molecule has 1 heterocycles. The zero-order chi connectivity index (χ0) is 13.8. The van der Waals surface area contributed by atoms with Gasteiger partial charge in [-0.3, -0.25) is 0 Å². The molecule has 1 N–H and O–H groups in total. The van der Waals surface area contributed by atoms with Crippen LogP contribution in [0.15, 0.2) is 18.2 Å². The highest BCUT2D eigenvalue weighted by molar-refractivity contribution is 6.30. The molecule has 2 rings (SSSR count). The lowest BCUT2D eigenvalue weighted by molar-refractivity contribution is 0.183. The Labute approximate surface area is 114 Å². The average molecular weight is 286 g/mol. The smallest absolute Gasteiger partial charge is 0.167 e. The maximum Gasteiger partial charge on any atom is 0.167 e. The second-order valence-corrected chi connectivity index (χ2v) is 4.30. The minimum Gasteiger partial charge on any atom is -0.388 e. The van der Waals surface area contributed by atoms with Gasteiger partial charge in [0.05, 0.1) is 12.2 Å². The van der Waals surface area contributed by atoms with Crippen LogP contribution in [0, 0.1) is 5.82 Å². The van der Waals surface area contributed by atoms with Gasteiger partial charge < -0.3 is 14.4 Å². The Hall–Kier alpha value is -1.50. The van der Waals surface area contributed by atoms with Crippen LogP contribution >= 0.6 is 11.6 Å². The topological polar surface area (TPSA) is 60.2 Å². The van der Waals surface area contributed by atoms with Gasteiger partial charge >= 0.3 is 0 Å². The second-order valence-electron chi connectivity index (χ2n) is 3.87. The molecule has 0 aliphatic rings. The number of hydrogen-bond donors (Lipinski definition) is 1. The molecule has 2 aromatic rings. The molecule has 7 heteroatoms. The van der Waals surface area contributed by atoms with Gasteiger partial charge in [0.2, 0.25) is 0 Å². The van der Waals surface area contributed by atoms with Gasteiger partial charge in [-0.1, -0.05) is 11.6 Å². The van der Waals surface area contributed by atoms with Crippen molar-refractivity contribution < 1.29 is 14.2 Å². The lowest BCUT2D eigenvalue weighted by Gasteiger charge is -2.09.